The Hall–Kier alpha value is -0.400. The zero-order valence-corrected chi connectivity index (χ0v) is 19.7. The van der Waals surface area contributed by atoms with Gasteiger partial charge in [0.25, 0.3) is 0 Å². The molecule has 0 bridgehead atoms. The number of hydrogen-bond acceptors (Lipinski definition) is 10. The number of hydrogen-bond donors (Lipinski definition) is 0. The highest BCUT2D eigenvalue weighted by atomic mass is 16.7. The minimum atomic E-state index is -0.798. The number of rotatable bonds is 15. The lowest BCUT2D eigenvalue weighted by Crippen LogP contribution is -2.63. The van der Waals surface area contributed by atoms with Crippen LogP contribution in [0, 0.1) is 0 Å². The van der Waals surface area contributed by atoms with Crippen molar-refractivity contribution in [1.29, 1.82) is 0 Å². The highest BCUT2D eigenvalue weighted by Crippen LogP contribution is 2.30. The molecule has 10 nitrogen and oxygen atoms in total. The topological polar surface area (TPSA) is 92.3 Å². The van der Waals surface area contributed by atoms with E-state index in [1.54, 1.807) is 56.9 Å². The second-order valence-corrected chi connectivity index (χ2v) is 7.07. The normalized spacial score (nSPS) is 31.3. The molecule has 10 heteroatoms. The minimum Gasteiger partial charge on any atom is -0.382 e. The molecule has 1 saturated heterocycles. The first-order chi connectivity index (χ1) is 14.5. The summed E-state index contributed by atoms with van der Waals surface area (Å²) in [5.41, 5.74) is 0. The predicted molar refractivity (Wildman–Crippen MR) is 108 cm³/mol. The lowest BCUT2D eigenvalue weighted by Gasteiger charge is -2.46. The van der Waals surface area contributed by atoms with Crippen LogP contribution in [0.4, 0.5) is 0 Å². The van der Waals surface area contributed by atoms with Gasteiger partial charge in [-0.2, -0.15) is 0 Å². The van der Waals surface area contributed by atoms with Crippen molar-refractivity contribution in [2.75, 3.05) is 70.1 Å². The van der Waals surface area contributed by atoms with Gasteiger partial charge in [0.1, 0.15) is 42.7 Å². The molecule has 1 fully saturated rings. The van der Waals surface area contributed by atoms with Gasteiger partial charge in [-0.05, 0) is 6.92 Å². The standard InChI is InChI=1S/C20H40O10/c1-12(23-4)15(25-6)17(13(24-5)10-21-2)30-20-19(28-9)18(27-8)16(26-7)14(29-20)11-22-3/h12-20H,10-11H2,1-9H3/t12-,13-,14+,15-,16-,17-,18-,19+,20-/m0/s1. The van der Waals surface area contributed by atoms with Crippen molar-refractivity contribution < 1.29 is 47.4 Å². The van der Waals surface area contributed by atoms with Crippen LogP contribution >= 0.6 is 0 Å². The molecule has 0 aromatic heterocycles. The first kappa shape index (κ1) is 27.6. The van der Waals surface area contributed by atoms with E-state index in [0.717, 1.165) is 0 Å². The molecule has 1 aliphatic rings. The summed E-state index contributed by atoms with van der Waals surface area (Å²) in [6, 6.07) is 0. The average molecular weight is 441 g/mol. The van der Waals surface area contributed by atoms with E-state index in [9.17, 15) is 0 Å². The summed E-state index contributed by atoms with van der Waals surface area (Å²) in [5.74, 6) is 0. The highest BCUT2D eigenvalue weighted by Gasteiger charge is 2.50. The molecule has 30 heavy (non-hydrogen) atoms. The third-order valence-electron chi connectivity index (χ3n) is 5.46. The molecule has 0 radical (unpaired) electrons. The van der Waals surface area contributed by atoms with Gasteiger partial charge in [-0.25, -0.2) is 0 Å². The zero-order valence-electron chi connectivity index (χ0n) is 19.7. The minimum absolute atomic E-state index is 0.279. The van der Waals surface area contributed by atoms with Crippen molar-refractivity contribution in [3.05, 3.63) is 0 Å². The SMILES string of the molecule is COC[C@H](OC)[C@H](O[C@@H]1O[C@H](COC)[C@H](OC)[C@H](OC)[C@H]1OC)[C@@H](OC)[C@H](C)OC. The van der Waals surface area contributed by atoms with E-state index in [-0.39, 0.29) is 12.7 Å². The number of methoxy groups -OCH3 is 8. The van der Waals surface area contributed by atoms with Gasteiger partial charge in [0, 0.05) is 56.9 Å². The molecule has 1 aliphatic heterocycles. The molecule has 0 aromatic carbocycles. The number of ether oxygens (including phenoxy) is 10. The summed E-state index contributed by atoms with van der Waals surface area (Å²) in [6.07, 6.45) is -4.39. The Morgan fingerprint density at radius 1 is 0.700 bits per heavy atom. The molecule has 0 spiro atoms. The molecule has 1 rings (SSSR count). The largest absolute Gasteiger partial charge is 0.382 e. The third-order valence-corrected chi connectivity index (χ3v) is 5.46. The van der Waals surface area contributed by atoms with E-state index in [0.29, 0.717) is 6.61 Å². The lowest BCUT2D eigenvalue weighted by atomic mass is 9.97. The summed E-state index contributed by atoms with van der Waals surface area (Å²) in [4.78, 5) is 0. The summed E-state index contributed by atoms with van der Waals surface area (Å²) < 4.78 is 57.2. The maximum absolute atomic E-state index is 6.43. The molecular weight excluding hydrogens is 400 g/mol. The van der Waals surface area contributed by atoms with Crippen LogP contribution in [0.3, 0.4) is 0 Å². The lowest BCUT2D eigenvalue weighted by molar-refractivity contribution is -0.337. The van der Waals surface area contributed by atoms with Gasteiger partial charge in [-0.3, -0.25) is 0 Å². The molecule has 180 valence electrons. The van der Waals surface area contributed by atoms with Gasteiger partial charge in [-0.1, -0.05) is 0 Å². The second-order valence-electron chi connectivity index (χ2n) is 7.07. The van der Waals surface area contributed by atoms with Gasteiger partial charge in [0.2, 0.25) is 0 Å². The van der Waals surface area contributed by atoms with Crippen LogP contribution in [0.25, 0.3) is 0 Å². The van der Waals surface area contributed by atoms with Gasteiger partial charge >= 0.3 is 0 Å². The summed E-state index contributed by atoms with van der Waals surface area (Å²) in [5, 5.41) is 0. The molecule has 0 aliphatic carbocycles. The zero-order chi connectivity index (χ0) is 22.7. The van der Waals surface area contributed by atoms with Gasteiger partial charge in [0.15, 0.2) is 6.29 Å². The molecule has 0 unspecified atom stereocenters. The van der Waals surface area contributed by atoms with E-state index < -0.39 is 49.0 Å². The van der Waals surface area contributed by atoms with Gasteiger partial charge < -0.3 is 47.4 Å². The summed E-state index contributed by atoms with van der Waals surface area (Å²) in [7, 11) is 12.8. The van der Waals surface area contributed by atoms with Crippen LogP contribution in [0.5, 0.6) is 0 Å². The van der Waals surface area contributed by atoms with E-state index >= 15 is 0 Å². The first-order valence-corrected chi connectivity index (χ1v) is 9.93. The predicted octanol–water partition coefficient (Wildman–Crippen LogP) is 0.499. The Labute approximate surface area is 180 Å². The fourth-order valence-corrected chi connectivity index (χ4v) is 3.81. The van der Waals surface area contributed by atoms with Crippen LogP contribution in [-0.2, 0) is 47.4 Å². The fourth-order valence-electron chi connectivity index (χ4n) is 3.81. The molecular formula is C20H40O10. The van der Waals surface area contributed by atoms with Gasteiger partial charge in [-0.15, -0.1) is 0 Å². The van der Waals surface area contributed by atoms with E-state index in [1.807, 2.05) is 6.92 Å². The van der Waals surface area contributed by atoms with Crippen LogP contribution < -0.4 is 0 Å². The summed E-state index contributed by atoms with van der Waals surface area (Å²) >= 11 is 0. The molecule has 0 aromatic rings. The van der Waals surface area contributed by atoms with Crippen molar-refractivity contribution in [2.24, 2.45) is 0 Å². The summed E-state index contributed by atoms with van der Waals surface area (Å²) in [6.45, 7) is 2.48. The second kappa shape index (κ2) is 14.6. The Kier molecular flexibility index (Phi) is 13.5. The maximum atomic E-state index is 6.43. The van der Waals surface area contributed by atoms with Crippen molar-refractivity contribution >= 4 is 0 Å². The van der Waals surface area contributed by atoms with Gasteiger partial charge in [0.05, 0.1) is 19.3 Å². The van der Waals surface area contributed by atoms with Crippen LogP contribution in [0.2, 0.25) is 0 Å². The Morgan fingerprint density at radius 2 is 1.33 bits per heavy atom. The van der Waals surface area contributed by atoms with Crippen molar-refractivity contribution in [3.63, 3.8) is 0 Å². The Bertz CT molecular complexity index is 440. The van der Waals surface area contributed by atoms with Crippen LogP contribution in [-0.4, -0.2) is 125 Å². The maximum Gasteiger partial charge on any atom is 0.187 e. The third kappa shape index (κ3) is 6.80. The van der Waals surface area contributed by atoms with Crippen molar-refractivity contribution in [2.45, 2.75) is 62.0 Å². The average Bonchev–Trinajstić information content (AvgIpc) is 2.76. The highest BCUT2D eigenvalue weighted by molar-refractivity contribution is 4.94. The quantitative estimate of drug-likeness (QED) is 0.358. The molecule has 0 saturated carbocycles. The monoisotopic (exact) mass is 440 g/mol. The van der Waals surface area contributed by atoms with Crippen LogP contribution in [0.15, 0.2) is 0 Å². The molecule has 0 amide bonds. The van der Waals surface area contributed by atoms with Crippen molar-refractivity contribution in [1.82, 2.24) is 0 Å². The van der Waals surface area contributed by atoms with Crippen molar-refractivity contribution in [3.8, 4) is 0 Å². The molecule has 1 heterocycles. The molecule has 9 atom stereocenters. The first-order valence-electron chi connectivity index (χ1n) is 9.93. The van der Waals surface area contributed by atoms with E-state index in [4.69, 9.17) is 47.4 Å². The fraction of sp³-hybridized carbons (Fsp3) is 1.00. The van der Waals surface area contributed by atoms with E-state index in [2.05, 4.69) is 0 Å². The van der Waals surface area contributed by atoms with Crippen LogP contribution in [0.1, 0.15) is 6.92 Å². The Balaban J connectivity index is 3.24. The smallest absolute Gasteiger partial charge is 0.187 e. The molecule has 0 N–H and O–H groups in total. The Morgan fingerprint density at radius 3 is 1.77 bits per heavy atom. The van der Waals surface area contributed by atoms with E-state index in [1.165, 1.54) is 0 Å².